The number of ether oxygens (including phenoxy) is 2. The summed E-state index contributed by atoms with van der Waals surface area (Å²) in [6.45, 7) is 7.76. The van der Waals surface area contributed by atoms with Crippen LogP contribution in [-0.4, -0.2) is 39.6 Å². The molecule has 0 radical (unpaired) electrons. The molecule has 5 rings (SSSR count). The molecular weight excluding hydrogens is 500 g/mol. The van der Waals surface area contributed by atoms with Crippen molar-refractivity contribution in [3.63, 3.8) is 0 Å². The Morgan fingerprint density at radius 2 is 1.68 bits per heavy atom. The van der Waals surface area contributed by atoms with Crippen LogP contribution in [0.2, 0.25) is 5.02 Å². The lowest BCUT2D eigenvalue weighted by Gasteiger charge is -2.29. The molecule has 8 heteroatoms. The van der Waals surface area contributed by atoms with E-state index in [0.717, 1.165) is 53.2 Å². The molecule has 2 aliphatic rings. The molecule has 1 fully saturated rings. The van der Waals surface area contributed by atoms with E-state index < -0.39 is 0 Å². The Morgan fingerprint density at radius 3 is 2.29 bits per heavy atom. The van der Waals surface area contributed by atoms with Gasteiger partial charge in [0.05, 0.1) is 30.0 Å². The molecule has 0 N–H and O–H groups in total. The zero-order valence-corrected chi connectivity index (χ0v) is 22.8. The lowest BCUT2D eigenvalue weighted by atomic mass is 9.77. The average molecular weight is 533 g/mol. The van der Waals surface area contributed by atoms with E-state index in [1.54, 1.807) is 15.9 Å². The van der Waals surface area contributed by atoms with Crippen molar-refractivity contribution in [3.8, 4) is 11.5 Å². The molecule has 2 atom stereocenters. The van der Waals surface area contributed by atoms with Gasteiger partial charge in [-0.05, 0) is 87.1 Å². The molecular formula is C30H33ClN4O3. The van der Waals surface area contributed by atoms with E-state index in [-0.39, 0.29) is 23.6 Å². The fourth-order valence-electron chi connectivity index (χ4n) is 5.27. The number of hydrazone groups is 1. The van der Waals surface area contributed by atoms with Gasteiger partial charge in [-0.1, -0.05) is 35.9 Å². The van der Waals surface area contributed by atoms with E-state index in [1.165, 1.54) is 0 Å². The Balaban J connectivity index is 1.53. The van der Waals surface area contributed by atoms with Crippen molar-refractivity contribution in [1.82, 2.24) is 14.8 Å². The van der Waals surface area contributed by atoms with Gasteiger partial charge in [0.2, 0.25) is 0 Å². The molecule has 2 heterocycles. The normalized spacial score (nSPS) is 19.8. The number of allylic oxidation sites excluding steroid dienone is 1. The summed E-state index contributed by atoms with van der Waals surface area (Å²) in [7, 11) is 0. The first-order valence-electron chi connectivity index (χ1n) is 13.3. The Labute approximate surface area is 228 Å². The number of amides is 1. The molecule has 2 aromatic carbocycles. The van der Waals surface area contributed by atoms with Crippen LogP contribution in [-0.2, 0) is 6.54 Å². The third-order valence-electron chi connectivity index (χ3n) is 7.02. The number of fused-ring (bicyclic) bond motifs is 1. The first-order chi connectivity index (χ1) is 18.5. The molecule has 3 aromatic rings. The van der Waals surface area contributed by atoms with Gasteiger partial charge < -0.3 is 9.47 Å². The van der Waals surface area contributed by atoms with Gasteiger partial charge in [-0.15, -0.1) is 0 Å². The SMILES string of the molecule is CCOc1ccc(C=C2CCCC3C2=NN(C(=O)c2nn(CC)cc2Cl)C3c2ccc(OCC)cc2)cc1. The van der Waals surface area contributed by atoms with Crippen molar-refractivity contribution in [3.05, 3.63) is 82.1 Å². The Kier molecular flexibility index (Phi) is 7.84. The molecule has 1 aliphatic heterocycles. The van der Waals surface area contributed by atoms with Gasteiger partial charge >= 0.3 is 0 Å². The summed E-state index contributed by atoms with van der Waals surface area (Å²) >= 11 is 6.45. The number of hydrogen-bond acceptors (Lipinski definition) is 5. The van der Waals surface area contributed by atoms with E-state index in [2.05, 4.69) is 23.3 Å². The second-order valence-electron chi connectivity index (χ2n) is 9.43. The monoisotopic (exact) mass is 532 g/mol. The molecule has 1 aromatic heterocycles. The smallest absolute Gasteiger partial charge is 0.296 e. The lowest BCUT2D eigenvalue weighted by Crippen LogP contribution is -2.32. The second-order valence-corrected chi connectivity index (χ2v) is 9.84. The first kappa shape index (κ1) is 26.0. The van der Waals surface area contributed by atoms with Gasteiger partial charge in [0.15, 0.2) is 5.69 Å². The molecule has 1 saturated carbocycles. The molecule has 0 bridgehead atoms. The maximum absolute atomic E-state index is 13.9. The molecule has 2 unspecified atom stereocenters. The van der Waals surface area contributed by atoms with Crippen molar-refractivity contribution in [2.75, 3.05) is 13.2 Å². The number of aromatic nitrogens is 2. The molecule has 1 aliphatic carbocycles. The zero-order chi connectivity index (χ0) is 26.6. The minimum atomic E-state index is -0.289. The summed E-state index contributed by atoms with van der Waals surface area (Å²) in [5, 5.41) is 11.4. The number of benzene rings is 2. The number of halogens is 1. The highest BCUT2D eigenvalue weighted by atomic mass is 35.5. The number of aryl methyl sites for hydroxylation is 1. The molecule has 38 heavy (non-hydrogen) atoms. The zero-order valence-electron chi connectivity index (χ0n) is 22.1. The summed E-state index contributed by atoms with van der Waals surface area (Å²) < 4.78 is 12.9. The first-order valence-corrected chi connectivity index (χ1v) is 13.7. The van der Waals surface area contributed by atoms with E-state index in [0.29, 0.717) is 24.8 Å². The molecule has 0 spiro atoms. The number of hydrogen-bond donors (Lipinski definition) is 0. The lowest BCUT2D eigenvalue weighted by molar-refractivity contribution is 0.0674. The molecule has 1 amide bonds. The third-order valence-corrected chi connectivity index (χ3v) is 7.29. The predicted molar refractivity (Wildman–Crippen MR) is 150 cm³/mol. The minimum absolute atomic E-state index is 0.0756. The second kappa shape index (κ2) is 11.4. The van der Waals surface area contributed by atoms with Crippen LogP contribution in [0.15, 0.2) is 65.4 Å². The van der Waals surface area contributed by atoms with Crippen molar-refractivity contribution in [1.29, 1.82) is 0 Å². The standard InChI is InChI=1S/C30H33ClN4O3/c1-4-34-19-26(31)28(32-34)30(36)35-29(21-12-16-24(17-13-21)38-6-3)25-9-7-8-22(27(25)33-35)18-20-10-14-23(15-11-20)37-5-2/h10-19,25,29H,4-9H2,1-3H3. The van der Waals surface area contributed by atoms with Gasteiger partial charge in [0.25, 0.3) is 5.91 Å². The topological polar surface area (TPSA) is 69.0 Å². The van der Waals surface area contributed by atoms with Crippen molar-refractivity contribution in [2.24, 2.45) is 11.0 Å². The quantitative estimate of drug-likeness (QED) is 0.320. The fraction of sp³-hybridized carbons (Fsp3) is 0.367. The average Bonchev–Trinajstić information content (AvgIpc) is 3.51. The van der Waals surface area contributed by atoms with Crippen LogP contribution in [0.4, 0.5) is 0 Å². The number of carbonyl (C=O) groups excluding carboxylic acids is 1. The maximum Gasteiger partial charge on any atom is 0.296 e. The van der Waals surface area contributed by atoms with E-state index in [1.807, 2.05) is 57.2 Å². The van der Waals surface area contributed by atoms with Crippen LogP contribution >= 0.6 is 11.6 Å². The van der Waals surface area contributed by atoms with Crippen LogP contribution in [0, 0.1) is 5.92 Å². The predicted octanol–water partition coefficient (Wildman–Crippen LogP) is 6.79. The van der Waals surface area contributed by atoms with Crippen molar-refractivity contribution >= 4 is 29.3 Å². The Hall–Kier alpha value is -3.58. The van der Waals surface area contributed by atoms with Gasteiger partial charge in [-0.2, -0.15) is 10.2 Å². The van der Waals surface area contributed by atoms with Crippen LogP contribution in [0.3, 0.4) is 0 Å². The maximum atomic E-state index is 13.9. The summed E-state index contributed by atoms with van der Waals surface area (Å²) in [6, 6.07) is 15.8. The van der Waals surface area contributed by atoms with Gasteiger partial charge in [0, 0.05) is 18.7 Å². The molecule has 198 valence electrons. The number of nitrogens with zero attached hydrogens (tertiary/aromatic N) is 4. The van der Waals surface area contributed by atoms with E-state index in [4.69, 9.17) is 26.2 Å². The molecule has 7 nitrogen and oxygen atoms in total. The van der Waals surface area contributed by atoms with Gasteiger partial charge in [0.1, 0.15) is 11.5 Å². The fourth-order valence-corrected chi connectivity index (χ4v) is 5.50. The Morgan fingerprint density at radius 1 is 1.03 bits per heavy atom. The third kappa shape index (κ3) is 5.20. The number of rotatable bonds is 8. The summed E-state index contributed by atoms with van der Waals surface area (Å²) in [5.74, 6) is 1.44. The van der Waals surface area contributed by atoms with Crippen LogP contribution in [0.25, 0.3) is 6.08 Å². The summed E-state index contributed by atoms with van der Waals surface area (Å²) in [6.07, 6.45) is 6.74. The molecule has 0 saturated heterocycles. The van der Waals surface area contributed by atoms with E-state index >= 15 is 0 Å². The minimum Gasteiger partial charge on any atom is -0.494 e. The highest BCUT2D eigenvalue weighted by molar-refractivity contribution is 6.33. The van der Waals surface area contributed by atoms with Crippen LogP contribution in [0.5, 0.6) is 11.5 Å². The number of carbonyl (C=O) groups is 1. The summed E-state index contributed by atoms with van der Waals surface area (Å²) in [4.78, 5) is 13.9. The summed E-state index contributed by atoms with van der Waals surface area (Å²) in [5.41, 5.74) is 4.44. The van der Waals surface area contributed by atoms with Crippen molar-refractivity contribution in [2.45, 2.75) is 52.6 Å². The van der Waals surface area contributed by atoms with Crippen LogP contribution in [0.1, 0.15) is 67.7 Å². The van der Waals surface area contributed by atoms with Crippen molar-refractivity contribution < 1.29 is 14.3 Å². The largest absolute Gasteiger partial charge is 0.494 e. The Bertz CT molecular complexity index is 1340. The van der Waals surface area contributed by atoms with Crippen LogP contribution < -0.4 is 9.47 Å². The van der Waals surface area contributed by atoms with Gasteiger partial charge in [-0.25, -0.2) is 5.01 Å². The highest BCUT2D eigenvalue weighted by Gasteiger charge is 2.44. The van der Waals surface area contributed by atoms with Gasteiger partial charge in [-0.3, -0.25) is 9.48 Å². The van der Waals surface area contributed by atoms with E-state index in [9.17, 15) is 4.79 Å². The highest BCUT2D eigenvalue weighted by Crippen LogP contribution is 2.45.